The quantitative estimate of drug-likeness (QED) is 0.910. The lowest BCUT2D eigenvalue weighted by molar-refractivity contribution is -0.117. The van der Waals surface area contributed by atoms with Crippen molar-refractivity contribution in [3.63, 3.8) is 0 Å². The molecule has 23 heavy (non-hydrogen) atoms. The fourth-order valence-electron chi connectivity index (χ4n) is 1.88. The smallest absolute Gasteiger partial charge is 0.251 e. The lowest BCUT2D eigenvalue weighted by Gasteiger charge is -2.14. The summed E-state index contributed by atoms with van der Waals surface area (Å²) in [5.74, 6) is -1.58. The highest BCUT2D eigenvalue weighted by Gasteiger charge is 2.18. The number of nitrogens with zero attached hydrogens (tertiary/aromatic N) is 1. The largest absolute Gasteiger partial charge is 0.341 e. The predicted molar refractivity (Wildman–Crippen MR) is 83.1 cm³/mol. The number of nitrogens with one attached hydrogen (secondary N) is 2. The second kappa shape index (κ2) is 7.18. The minimum atomic E-state index is -0.868. The molecule has 2 aromatic carbocycles. The Morgan fingerprint density at radius 3 is 2.61 bits per heavy atom. The number of hydrogen-bond acceptors (Lipinski definition) is 3. The highest BCUT2D eigenvalue weighted by molar-refractivity contribution is 6.01. The summed E-state index contributed by atoms with van der Waals surface area (Å²) in [6.07, 6.45) is 0. The van der Waals surface area contributed by atoms with Gasteiger partial charge in [-0.3, -0.25) is 9.59 Å². The summed E-state index contributed by atoms with van der Waals surface area (Å²) in [6.45, 7) is 1.49. The zero-order chi connectivity index (χ0) is 16.8. The molecule has 6 heteroatoms. The molecule has 2 amide bonds. The van der Waals surface area contributed by atoms with Crippen molar-refractivity contribution in [1.29, 1.82) is 5.26 Å². The SMILES string of the molecule is CC(NC(=O)c1cccc(C#N)c1)C(=O)Nc1ccccc1F. The van der Waals surface area contributed by atoms with E-state index in [1.165, 1.54) is 37.3 Å². The molecule has 0 saturated heterocycles. The Bertz CT molecular complexity index is 783. The highest BCUT2D eigenvalue weighted by Crippen LogP contribution is 2.12. The normalized spacial score (nSPS) is 11.2. The van der Waals surface area contributed by atoms with Crippen molar-refractivity contribution in [2.45, 2.75) is 13.0 Å². The maximum Gasteiger partial charge on any atom is 0.251 e. The molecular weight excluding hydrogens is 297 g/mol. The van der Waals surface area contributed by atoms with Gasteiger partial charge < -0.3 is 10.6 Å². The topological polar surface area (TPSA) is 82.0 Å². The molecule has 0 spiro atoms. The van der Waals surface area contributed by atoms with Gasteiger partial charge in [-0.2, -0.15) is 5.26 Å². The van der Waals surface area contributed by atoms with Crippen molar-refractivity contribution >= 4 is 17.5 Å². The number of benzene rings is 2. The number of amides is 2. The van der Waals surface area contributed by atoms with E-state index in [4.69, 9.17) is 5.26 Å². The molecule has 0 aromatic heterocycles. The van der Waals surface area contributed by atoms with Gasteiger partial charge in [0.15, 0.2) is 0 Å². The van der Waals surface area contributed by atoms with E-state index >= 15 is 0 Å². The summed E-state index contributed by atoms with van der Waals surface area (Å²) in [6, 6.07) is 13.0. The van der Waals surface area contributed by atoms with Gasteiger partial charge in [-0.25, -0.2) is 4.39 Å². The average molecular weight is 311 g/mol. The van der Waals surface area contributed by atoms with Gasteiger partial charge in [0.05, 0.1) is 17.3 Å². The van der Waals surface area contributed by atoms with Gasteiger partial charge in [0.1, 0.15) is 11.9 Å². The minimum Gasteiger partial charge on any atom is -0.341 e. The Morgan fingerprint density at radius 2 is 1.91 bits per heavy atom. The van der Waals surface area contributed by atoms with Gasteiger partial charge in [0.25, 0.3) is 5.91 Å². The number of halogens is 1. The monoisotopic (exact) mass is 311 g/mol. The first-order chi connectivity index (χ1) is 11.0. The molecule has 0 bridgehead atoms. The van der Waals surface area contributed by atoms with E-state index in [-0.39, 0.29) is 11.3 Å². The van der Waals surface area contributed by atoms with Crippen molar-refractivity contribution in [1.82, 2.24) is 5.32 Å². The summed E-state index contributed by atoms with van der Waals surface area (Å²) in [7, 11) is 0. The van der Waals surface area contributed by atoms with Crippen LogP contribution in [0.1, 0.15) is 22.8 Å². The summed E-state index contributed by atoms with van der Waals surface area (Å²) in [4.78, 5) is 24.1. The van der Waals surface area contributed by atoms with Gasteiger partial charge in [0, 0.05) is 5.56 Å². The first-order valence-electron chi connectivity index (χ1n) is 6.87. The standard InChI is InChI=1S/C17H14FN3O2/c1-11(16(22)21-15-8-3-2-7-14(15)18)20-17(23)13-6-4-5-12(9-13)10-19/h2-9,11H,1H3,(H,20,23)(H,21,22). The second-order valence-electron chi connectivity index (χ2n) is 4.86. The van der Waals surface area contributed by atoms with Crippen LogP contribution in [0.15, 0.2) is 48.5 Å². The lowest BCUT2D eigenvalue weighted by Crippen LogP contribution is -2.41. The van der Waals surface area contributed by atoms with Crippen LogP contribution in [0.25, 0.3) is 0 Å². The molecule has 2 N–H and O–H groups in total. The van der Waals surface area contributed by atoms with E-state index in [2.05, 4.69) is 10.6 Å². The van der Waals surface area contributed by atoms with Crippen LogP contribution < -0.4 is 10.6 Å². The summed E-state index contributed by atoms with van der Waals surface area (Å²) in [5, 5.41) is 13.7. The van der Waals surface area contributed by atoms with Crippen LogP contribution in [0.2, 0.25) is 0 Å². The molecule has 2 aromatic rings. The first kappa shape index (κ1) is 16.2. The molecule has 0 heterocycles. The van der Waals surface area contributed by atoms with E-state index in [1.54, 1.807) is 18.2 Å². The third-order valence-corrected chi connectivity index (χ3v) is 3.13. The van der Waals surface area contributed by atoms with Crippen LogP contribution >= 0.6 is 0 Å². The fraction of sp³-hybridized carbons (Fsp3) is 0.118. The van der Waals surface area contributed by atoms with Gasteiger partial charge in [-0.1, -0.05) is 18.2 Å². The van der Waals surface area contributed by atoms with E-state index < -0.39 is 23.7 Å². The summed E-state index contributed by atoms with van der Waals surface area (Å²) in [5.41, 5.74) is 0.667. The summed E-state index contributed by atoms with van der Waals surface area (Å²) >= 11 is 0. The Balaban J connectivity index is 2.02. The van der Waals surface area contributed by atoms with Crippen LogP contribution in [0, 0.1) is 17.1 Å². The van der Waals surface area contributed by atoms with Crippen LogP contribution in [-0.4, -0.2) is 17.9 Å². The van der Waals surface area contributed by atoms with Gasteiger partial charge in [-0.05, 0) is 37.3 Å². The maximum atomic E-state index is 13.5. The third-order valence-electron chi connectivity index (χ3n) is 3.13. The fourth-order valence-corrected chi connectivity index (χ4v) is 1.88. The number of hydrogen-bond donors (Lipinski definition) is 2. The number of rotatable bonds is 4. The zero-order valence-corrected chi connectivity index (χ0v) is 12.3. The molecule has 0 fully saturated rings. The van der Waals surface area contributed by atoms with E-state index in [0.717, 1.165) is 0 Å². The number of para-hydroxylation sites is 1. The lowest BCUT2D eigenvalue weighted by atomic mass is 10.1. The molecule has 1 unspecified atom stereocenters. The van der Waals surface area contributed by atoms with Crippen LogP contribution in [0.5, 0.6) is 0 Å². The van der Waals surface area contributed by atoms with Crippen LogP contribution in [-0.2, 0) is 4.79 Å². The van der Waals surface area contributed by atoms with Crippen molar-refractivity contribution in [3.8, 4) is 6.07 Å². The number of anilines is 1. The van der Waals surface area contributed by atoms with Crippen molar-refractivity contribution < 1.29 is 14.0 Å². The molecule has 5 nitrogen and oxygen atoms in total. The van der Waals surface area contributed by atoms with Crippen molar-refractivity contribution in [3.05, 3.63) is 65.5 Å². The Labute approximate surface area is 132 Å². The molecule has 116 valence electrons. The number of carbonyl (C=O) groups is 2. The maximum absolute atomic E-state index is 13.5. The molecule has 0 aliphatic carbocycles. The van der Waals surface area contributed by atoms with Crippen LogP contribution in [0.4, 0.5) is 10.1 Å². The van der Waals surface area contributed by atoms with E-state index in [9.17, 15) is 14.0 Å². The molecule has 0 aliphatic heterocycles. The zero-order valence-electron chi connectivity index (χ0n) is 12.3. The first-order valence-corrected chi connectivity index (χ1v) is 6.87. The highest BCUT2D eigenvalue weighted by atomic mass is 19.1. The molecular formula is C17H14FN3O2. The average Bonchev–Trinajstić information content (AvgIpc) is 2.56. The van der Waals surface area contributed by atoms with Crippen molar-refractivity contribution in [2.24, 2.45) is 0 Å². The molecule has 0 radical (unpaired) electrons. The molecule has 2 rings (SSSR count). The van der Waals surface area contributed by atoms with Gasteiger partial charge in [0.2, 0.25) is 5.91 Å². The summed E-state index contributed by atoms with van der Waals surface area (Å²) < 4.78 is 13.5. The third kappa shape index (κ3) is 4.14. The van der Waals surface area contributed by atoms with Crippen LogP contribution in [0.3, 0.4) is 0 Å². The van der Waals surface area contributed by atoms with E-state index in [1.807, 2.05) is 6.07 Å². The predicted octanol–water partition coefficient (Wildman–Crippen LogP) is 2.45. The Kier molecular flexibility index (Phi) is 5.05. The number of nitriles is 1. The molecule has 0 aliphatic rings. The van der Waals surface area contributed by atoms with Crippen molar-refractivity contribution in [2.75, 3.05) is 5.32 Å². The second-order valence-corrected chi connectivity index (χ2v) is 4.86. The van der Waals surface area contributed by atoms with E-state index in [0.29, 0.717) is 5.56 Å². The minimum absolute atomic E-state index is 0.0464. The Morgan fingerprint density at radius 1 is 1.17 bits per heavy atom. The molecule has 0 saturated carbocycles. The van der Waals surface area contributed by atoms with Gasteiger partial charge >= 0.3 is 0 Å². The Hall–Kier alpha value is -3.20. The number of carbonyl (C=O) groups excluding carboxylic acids is 2. The molecule has 1 atom stereocenters. The van der Waals surface area contributed by atoms with Gasteiger partial charge in [-0.15, -0.1) is 0 Å².